The standard InChI is InChI=1S/C9H11N3/c1-3-8-7(2)11-9-4-5-10-6-12(8)9/h4-6H,3H2,1-2H3. The van der Waals surface area contributed by atoms with Crippen molar-refractivity contribution in [3.63, 3.8) is 0 Å². The average Bonchev–Trinajstić information content (AvgIpc) is 2.40. The van der Waals surface area contributed by atoms with Crippen LogP contribution in [0.25, 0.3) is 5.65 Å². The number of aryl methyl sites for hydroxylation is 2. The molecule has 0 aromatic carbocycles. The molecule has 3 nitrogen and oxygen atoms in total. The third kappa shape index (κ3) is 0.897. The van der Waals surface area contributed by atoms with Gasteiger partial charge in [-0.15, -0.1) is 0 Å². The summed E-state index contributed by atoms with van der Waals surface area (Å²) in [7, 11) is 0. The Morgan fingerprint density at radius 3 is 3.08 bits per heavy atom. The van der Waals surface area contributed by atoms with E-state index in [0.717, 1.165) is 17.8 Å². The van der Waals surface area contributed by atoms with Gasteiger partial charge in [-0.25, -0.2) is 9.97 Å². The van der Waals surface area contributed by atoms with E-state index in [1.807, 2.05) is 23.7 Å². The summed E-state index contributed by atoms with van der Waals surface area (Å²) in [5.41, 5.74) is 3.34. The second-order valence-electron chi connectivity index (χ2n) is 2.81. The number of hydrogen-bond donors (Lipinski definition) is 0. The Morgan fingerprint density at radius 2 is 2.33 bits per heavy atom. The van der Waals surface area contributed by atoms with Gasteiger partial charge in [-0.05, 0) is 19.4 Å². The van der Waals surface area contributed by atoms with Crippen LogP contribution in [0.5, 0.6) is 0 Å². The quantitative estimate of drug-likeness (QED) is 0.636. The zero-order valence-corrected chi connectivity index (χ0v) is 7.28. The molecule has 0 bridgehead atoms. The van der Waals surface area contributed by atoms with Crippen molar-refractivity contribution in [3.05, 3.63) is 30.0 Å². The molecule has 2 aromatic rings. The molecule has 0 saturated carbocycles. The van der Waals surface area contributed by atoms with Crippen LogP contribution in [-0.4, -0.2) is 14.4 Å². The van der Waals surface area contributed by atoms with E-state index in [-0.39, 0.29) is 0 Å². The minimum Gasteiger partial charge on any atom is -0.287 e. The maximum Gasteiger partial charge on any atom is 0.139 e. The maximum atomic E-state index is 4.41. The highest BCUT2D eigenvalue weighted by Crippen LogP contribution is 2.10. The van der Waals surface area contributed by atoms with Crippen LogP contribution >= 0.6 is 0 Å². The predicted octanol–water partition coefficient (Wildman–Crippen LogP) is 1.60. The van der Waals surface area contributed by atoms with E-state index < -0.39 is 0 Å². The van der Waals surface area contributed by atoms with E-state index in [9.17, 15) is 0 Å². The van der Waals surface area contributed by atoms with Crippen molar-refractivity contribution in [1.29, 1.82) is 0 Å². The van der Waals surface area contributed by atoms with E-state index in [1.165, 1.54) is 5.69 Å². The van der Waals surface area contributed by atoms with Gasteiger partial charge in [0.1, 0.15) is 12.0 Å². The molecule has 0 N–H and O–H groups in total. The molecule has 0 aliphatic carbocycles. The van der Waals surface area contributed by atoms with E-state index in [4.69, 9.17) is 0 Å². The molecule has 0 aliphatic rings. The fourth-order valence-electron chi connectivity index (χ4n) is 1.49. The molecule has 2 aromatic heterocycles. The van der Waals surface area contributed by atoms with Crippen molar-refractivity contribution in [2.75, 3.05) is 0 Å². The van der Waals surface area contributed by atoms with Gasteiger partial charge in [0.2, 0.25) is 0 Å². The third-order valence-electron chi connectivity index (χ3n) is 2.06. The summed E-state index contributed by atoms with van der Waals surface area (Å²) in [6.45, 7) is 4.16. The molecule has 0 saturated heterocycles. The number of aromatic nitrogens is 3. The predicted molar refractivity (Wildman–Crippen MR) is 47.1 cm³/mol. The third-order valence-corrected chi connectivity index (χ3v) is 2.06. The van der Waals surface area contributed by atoms with Crippen LogP contribution in [0.4, 0.5) is 0 Å². The fraction of sp³-hybridized carbons (Fsp3) is 0.333. The van der Waals surface area contributed by atoms with E-state index in [0.29, 0.717) is 0 Å². The second-order valence-corrected chi connectivity index (χ2v) is 2.81. The van der Waals surface area contributed by atoms with Crippen molar-refractivity contribution < 1.29 is 0 Å². The van der Waals surface area contributed by atoms with Gasteiger partial charge in [-0.2, -0.15) is 0 Å². The first kappa shape index (κ1) is 7.28. The first-order valence-electron chi connectivity index (χ1n) is 4.10. The highest BCUT2D eigenvalue weighted by Gasteiger charge is 2.04. The van der Waals surface area contributed by atoms with Gasteiger partial charge in [0.25, 0.3) is 0 Å². The zero-order valence-electron chi connectivity index (χ0n) is 7.28. The Morgan fingerprint density at radius 1 is 1.50 bits per heavy atom. The van der Waals surface area contributed by atoms with Crippen molar-refractivity contribution in [3.8, 4) is 0 Å². The minimum absolute atomic E-state index is 0.986. The van der Waals surface area contributed by atoms with Crippen LogP contribution in [0.2, 0.25) is 0 Å². The minimum atomic E-state index is 0.986. The lowest BCUT2D eigenvalue weighted by Crippen LogP contribution is -1.92. The number of rotatable bonds is 1. The highest BCUT2D eigenvalue weighted by atomic mass is 15.0. The first-order chi connectivity index (χ1) is 5.83. The molecular weight excluding hydrogens is 150 g/mol. The lowest BCUT2D eigenvalue weighted by molar-refractivity contribution is 0.951. The largest absolute Gasteiger partial charge is 0.287 e. The van der Waals surface area contributed by atoms with Crippen molar-refractivity contribution in [1.82, 2.24) is 14.4 Å². The van der Waals surface area contributed by atoms with E-state index >= 15 is 0 Å². The molecule has 0 radical (unpaired) electrons. The summed E-state index contributed by atoms with van der Waals surface area (Å²) >= 11 is 0. The van der Waals surface area contributed by atoms with E-state index in [1.54, 1.807) is 6.20 Å². The Kier molecular flexibility index (Phi) is 1.57. The van der Waals surface area contributed by atoms with Crippen LogP contribution in [0.3, 0.4) is 0 Å². The number of imidazole rings is 1. The molecule has 0 unspecified atom stereocenters. The van der Waals surface area contributed by atoms with Gasteiger partial charge in [0.15, 0.2) is 0 Å². The normalized spacial score (nSPS) is 10.8. The molecular formula is C9H11N3. The molecule has 3 heteroatoms. The summed E-state index contributed by atoms with van der Waals surface area (Å²) in [6, 6.07) is 1.92. The molecule has 0 spiro atoms. The van der Waals surface area contributed by atoms with Crippen LogP contribution in [-0.2, 0) is 6.42 Å². The molecule has 12 heavy (non-hydrogen) atoms. The molecule has 62 valence electrons. The lowest BCUT2D eigenvalue weighted by atomic mass is 10.3. The SMILES string of the molecule is CCc1c(C)nc2ccncn12. The number of fused-ring (bicyclic) bond motifs is 1. The Hall–Kier alpha value is -1.38. The first-order valence-corrected chi connectivity index (χ1v) is 4.10. The molecule has 2 heterocycles. The van der Waals surface area contributed by atoms with Crippen molar-refractivity contribution in [2.24, 2.45) is 0 Å². The highest BCUT2D eigenvalue weighted by molar-refractivity contribution is 5.41. The smallest absolute Gasteiger partial charge is 0.139 e. The Bertz CT molecular complexity index is 403. The van der Waals surface area contributed by atoms with Gasteiger partial charge in [-0.1, -0.05) is 6.92 Å². The van der Waals surface area contributed by atoms with Gasteiger partial charge >= 0.3 is 0 Å². The second kappa shape index (κ2) is 2.59. The Balaban J connectivity index is 2.81. The number of hydrogen-bond acceptors (Lipinski definition) is 2. The van der Waals surface area contributed by atoms with Crippen molar-refractivity contribution in [2.45, 2.75) is 20.3 Å². The van der Waals surface area contributed by atoms with Crippen molar-refractivity contribution >= 4 is 5.65 Å². The van der Waals surface area contributed by atoms with Gasteiger partial charge in [0, 0.05) is 11.9 Å². The summed E-state index contributed by atoms with van der Waals surface area (Å²) in [4.78, 5) is 8.46. The van der Waals surface area contributed by atoms with Gasteiger partial charge < -0.3 is 0 Å². The van der Waals surface area contributed by atoms with Gasteiger partial charge in [-0.3, -0.25) is 4.40 Å². The molecule has 0 amide bonds. The Labute approximate surface area is 71.1 Å². The monoisotopic (exact) mass is 161 g/mol. The lowest BCUT2D eigenvalue weighted by Gasteiger charge is -1.96. The maximum absolute atomic E-state index is 4.41. The number of nitrogens with zero attached hydrogens (tertiary/aromatic N) is 3. The molecule has 2 rings (SSSR count). The zero-order chi connectivity index (χ0) is 8.55. The molecule has 0 fully saturated rings. The average molecular weight is 161 g/mol. The van der Waals surface area contributed by atoms with Crippen LogP contribution in [0.15, 0.2) is 18.6 Å². The summed E-state index contributed by atoms with van der Waals surface area (Å²) in [5, 5.41) is 0. The van der Waals surface area contributed by atoms with Crippen LogP contribution in [0, 0.1) is 6.92 Å². The molecule has 0 atom stereocenters. The summed E-state index contributed by atoms with van der Waals surface area (Å²) in [5.74, 6) is 0. The van der Waals surface area contributed by atoms with Crippen LogP contribution < -0.4 is 0 Å². The molecule has 0 aliphatic heterocycles. The van der Waals surface area contributed by atoms with Gasteiger partial charge in [0.05, 0.1) is 5.69 Å². The topological polar surface area (TPSA) is 30.2 Å². The fourth-order valence-corrected chi connectivity index (χ4v) is 1.49. The summed E-state index contributed by atoms with van der Waals surface area (Å²) < 4.78 is 2.04. The van der Waals surface area contributed by atoms with E-state index in [2.05, 4.69) is 16.9 Å². The summed E-state index contributed by atoms with van der Waals surface area (Å²) in [6.07, 6.45) is 4.58. The van der Waals surface area contributed by atoms with Crippen LogP contribution in [0.1, 0.15) is 18.3 Å².